The molecular formula is C25H30N6O2S2. The summed E-state index contributed by atoms with van der Waals surface area (Å²) in [7, 11) is 0.861. The van der Waals surface area contributed by atoms with Crippen molar-refractivity contribution in [2.75, 3.05) is 5.75 Å². The van der Waals surface area contributed by atoms with Crippen molar-refractivity contribution in [3.63, 3.8) is 0 Å². The highest BCUT2D eigenvalue weighted by atomic mass is 33.1. The number of nitriles is 1. The minimum absolute atomic E-state index is 0.0262. The van der Waals surface area contributed by atoms with E-state index in [4.69, 9.17) is 0 Å². The number of carbonyl (C=O) groups excluding carboxylic acids is 1. The molecular weight excluding hydrogens is 480 g/mol. The molecule has 2 fully saturated rings. The molecule has 1 aliphatic carbocycles. The Labute approximate surface area is 212 Å². The normalized spacial score (nSPS) is 21.5. The van der Waals surface area contributed by atoms with E-state index in [1.54, 1.807) is 27.8 Å². The van der Waals surface area contributed by atoms with Gasteiger partial charge in [0.1, 0.15) is 12.1 Å². The van der Waals surface area contributed by atoms with Crippen LogP contribution >= 0.6 is 10.8 Å². The molecule has 1 saturated carbocycles. The number of fused-ring (bicyclic) bond motifs is 1. The first-order valence-corrected chi connectivity index (χ1v) is 15.2. The molecule has 3 aromatic heterocycles. The Morgan fingerprint density at radius 3 is 2.91 bits per heavy atom. The Balaban J connectivity index is 1.28. The molecule has 0 spiro atoms. The van der Waals surface area contributed by atoms with Gasteiger partial charge in [-0.05, 0) is 37.7 Å². The lowest BCUT2D eigenvalue weighted by Crippen LogP contribution is -2.17. The lowest BCUT2D eigenvalue weighted by molar-refractivity contribution is 0.0904. The Kier molecular flexibility index (Phi) is 7.75. The van der Waals surface area contributed by atoms with Gasteiger partial charge in [0.25, 0.3) is 0 Å². The van der Waals surface area contributed by atoms with Gasteiger partial charge in [-0.15, -0.1) is 0 Å². The molecule has 4 heterocycles. The van der Waals surface area contributed by atoms with Crippen molar-refractivity contribution in [2.45, 2.75) is 75.5 Å². The summed E-state index contributed by atoms with van der Waals surface area (Å²) in [6.07, 6.45) is 16.5. The lowest BCUT2D eigenvalue weighted by Gasteiger charge is -2.21. The topological polar surface area (TPSA) is 112 Å². The fraction of sp³-hybridized carbons (Fsp3) is 0.560. The van der Waals surface area contributed by atoms with Gasteiger partial charge in [-0.2, -0.15) is 10.4 Å². The number of carbonyl (C=O) groups is 1. The van der Waals surface area contributed by atoms with Crippen molar-refractivity contribution in [1.29, 1.82) is 5.26 Å². The van der Waals surface area contributed by atoms with Crippen molar-refractivity contribution >= 4 is 37.9 Å². The minimum atomic E-state index is -0.718. The van der Waals surface area contributed by atoms with Crippen LogP contribution < -0.4 is 0 Å². The van der Waals surface area contributed by atoms with Gasteiger partial charge < -0.3 is 4.55 Å². The fourth-order valence-corrected chi connectivity index (χ4v) is 8.94. The summed E-state index contributed by atoms with van der Waals surface area (Å²) in [6, 6.07) is 4.32. The van der Waals surface area contributed by atoms with E-state index in [9.17, 15) is 14.6 Å². The summed E-state index contributed by atoms with van der Waals surface area (Å²) >= 11 is 0. The molecule has 2 aliphatic rings. The van der Waals surface area contributed by atoms with Crippen LogP contribution in [0.25, 0.3) is 22.3 Å². The van der Waals surface area contributed by atoms with Crippen LogP contribution in [0.1, 0.15) is 75.0 Å². The Morgan fingerprint density at radius 2 is 2.14 bits per heavy atom. The molecule has 8 nitrogen and oxygen atoms in total. The number of nitrogens with zero attached hydrogens (tertiary/aromatic N) is 6. The van der Waals surface area contributed by atoms with Crippen molar-refractivity contribution < 1.29 is 9.35 Å². The van der Waals surface area contributed by atoms with Crippen molar-refractivity contribution in [2.24, 2.45) is 5.92 Å². The van der Waals surface area contributed by atoms with Crippen molar-refractivity contribution in [3.8, 4) is 17.3 Å². The van der Waals surface area contributed by atoms with E-state index in [1.807, 2.05) is 16.9 Å². The van der Waals surface area contributed by atoms with Crippen LogP contribution in [-0.2, 0) is 10.2 Å². The minimum Gasteiger partial charge on any atom is -0.605 e. The van der Waals surface area contributed by atoms with Gasteiger partial charge >= 0.3 is 0 Å². The van der Waals surface area contributed by atoms with Gasteiger partial charge in [0.05, 0.1) is 46.5 Å². The summed E-state index contributed by atoms with van der Waals surface area (Å²) in [5.74, 6) is 1.31. The third kappa shape index (κ3) is 5.42. The molecule has 5 rings (SSSR count). The molecule has 0 bridgehead atoms. The molecule has 1 saturated heterocycles. The monoisotopic (exact) mass is 510 g/mol. The molecule has 0 N–H and O–H groups in total. The second kappa shape index (κ2) is 11.1. The van der Waals surface area contributed by atoms with E-state index < -0.39 is 10.2 Å². The highest BCUT2D eigenvalue weighted by Gasteiger charge is 2.28. The largest absolute Gasteiger partial charge is 0.605 e. The summed E-state index contributed by atoms with van der Waals surface area (Å²) < 4.78 is 15.1. The zero-order chi connectivity index (χ0) is 24.2. The van der Waals surface area contributed by atoms with E-state index in [0.29, 0.717) is 29.7 Å². The van der Waals surface area contributed by atoms with E-state index >= 15 is 0 Å². The van der Waals surface area contributed by atoms with Crippen LogP contribution in [0.2, 0.25) is 0 Å². The number of hydrogen-bond acceptors (Lipinski definition) is 7. The Hall–Kier alpha value is -2.35. The van der Waals surface area contributed by atoms with Gasteiger partial charge in [-0.1, -0.05) is 19.3 Å². The molecule has 0 radical (unpaired) electrons. The molecule has 35 heavy (non-hydrogen) atoms. The van der Waals surface area contributed by atoms with Crippen LogP contribution in [0.3, 0.4) is 0 Å². The highest BCUT2D eigenvalue weighted by Crippen LogP contribution is 2.37. The maximum atomic E-state index is 12.9. The van der Waals surface area contributed by atoms with E-state index in [1.165, 1.54) is 19.2 Å². The second-order valence-electron chi connectivity index (χ2n) is 9.48. The Bertz CT molecular complexity index is 1210. The standard InChI is InChI=1S/C25H30N6O2S2/c26-12-9-22(18-5-1-2-6-18)31-16-19(15-29-31)24-21-10-13-30(25(21)28-17-27-24)23(32)8-4-3-7-20-11-14-35(33)34-20/h10,13,15-18,20,22H,1-9,11,14H2/t20-,22-,35?/m1/s1. The third-order valence-corrected chi connectivity index (χ3v) is 10.7. The van der Waals surface area contributed by atoms with Gasteiger partial charge in [0.2, 0.25) is 5.91 Å². The fourth-order valence-electron chi connectivity index (χ4n) is 5.37. The van der Waals surface area contributed by atoms with Crippen LogP contribution in [0, 0.1) is 17.2 Å². The van der Waals surface area contributed by atoms with Crippen LogP contribution in [0.4, 0.5) is 0 Å². The SMILES string of the molecule is N#CC[C@H](C1CCCC1)n1cc(-c2ncnc3c2ccn3C(=O)CCCC[C@@H]2CC[S+]([O-])S2)cn1. The van der Waals surface area contributed by atoms with Crippen molar-refractivity contribution in [1.82, 2.24) is 24.3 Å². The number of unbranched alkanes of at least 4 members (excludes halogenated alkanes) is 1. The van der Waals surface area contributed by atoms with Gasteiger partial charge in [0.15, 0.2) is 5.65 Å². The average Bonchev–Trinajstić information content (AvgIpc) is 3.66. The van der Waals surface area contributed by atoms with Crippen LogP contribution in [0.15, 0.2) is 31.0 Å². The second-order valence-corrected chi connectivity index (χ2v) is 13.1. The van der Waals surface area contributed by atoms with E-state index in [2.05, 4.69) is 21.1 Å². The maximum absolute atomic E-state index is 12.9. The molecule has 0 amide bonds. The lowest BCUT2D eigenvalue weighted by atomic mass is 9.96. The average molecular weight is 511 g/mol. The third-order valence-electron chi connectivity index (χ3n) is 7.23. The predicted molar refractivity (Wildman–Crippen MR) is 138 cm³/mol. The molecule has 10 heteroatoms. The Morgan fingerprint density at radius 1 is 1.29 bits per heavy atom. The van der Waals surface area contributed by atoms with E-state index in [0.717, 1.165) is 60.9 Å². The molecule has 1 unspecified atom stereocenters. The smallest absolute Gasteiger partial charge is 0.232 e. The molecule has 184 valence electrons. The molecule has 0 aromatic carbocycles. The van der Waals surface area contributed by atoms with Crippen LogP contribution in [-0.4, -0.2) is 45.8 Å². The first-order valence-electron chi connectivity index (χ1n) is 12.5. The summed E-state index contributed by atoms with van der Waals surface area (Å²) in [4.78, 5) is 21.8. The molecule has 3 atom stereocenters. The van der Waals surface area contributed by atoms with Gasteiger partial charge in [-0.25, -0.2) is 9.97 Å². The molecule has 1 aliphatic heterocycles. The number of aromatic nitrogens is 5. The summed E-state index contributed by atoms with van der Waals surface area (Å²) in [6.45, 7) is 0. The summed E-state index contributed by atoms with van der Waals surface area (Å²) in [5, 5.41) is 15.3. The highest BCUT2D eigenvalue weighted by molar-refractivity contribution is 8.72. The zero-order valence-electron chi connectivity index (χ0n) is 19.7. The first kappa shape index (κ1) is 24.3. The van der Waals surface area contributed by atoms with Gasteiger partial charge in [-0.3, -0.25) is 14.0 Å². The quantitative estimate of drug-likeness (QED) is 0.218. The van der Waals surface area contributed by atoms with E-state index in [-0.39, 0.29) is 11.9 Å². The zero-order valence-corrected chi connectivity index (χ0v) is 21.3. The first-order chi connectivity index (χ1) is 17.1. The van der Waals surface area contributed by atoms with Gasteiger partial charge in [0, 0.05) is 46.4 Å². The van der Waals surface area contributed by atoms with Crippen LogP contribution in [0.5, 0.6) is 0 Å². The number of hydrogen-bond donors (Lipinski definition) is 0. The predicted octanol–water partition coefficient (Wildman–Crippen LogP) is 5.31. The maximum Gasteiger partial charge on any atom is 0.232 e. The van der Waals surface area contributed by atoms with Crippen molar-refractivity contribution in [3.05, 3.63) is 31.0 Å². The molecule has 3 aromatic rings. The number of rotatable bonds is 9. The summed E-state index contributed by atoms with van der Waals surface area (Å²) in [5.41, 5.74) is 2.23.